The van der Waals surface area contributed by atoms with Crippen LogP contribution in [0.3, 0.4) is 0 Å². The van der Waals surface area contributed by atoms with Crippen molar-refractivity contribution in [2.45, 2.75) is 46.2 Å². The zero-order valence-corrected chi connectivity index (χ0v) is 15.9. The quantitative estimate of drug-likeness (QED) is 0.817. The molecule has 1 saturated heterocycles. The molecule has 26 heavy (non-hydrogen) atoms. The van der Waals surface area contributed by atoms with Crippen molar-refractivity contribution in [3.63, 3.8) is 0 Å². The molecule has 1 N–H and O–H groups in total. The predicted molar refractivity (Wildman–Crippen MR) is 104 cm³/mol. The van der Waals surface area contributed by atoms with E-state index in [2.05, 4.69) is 48.3 Å². The third kappa shape index (κ3) is 5.73. The maximum Gasteiger partial charge on any atom is 0.220 e. The van der Waals surface area contributed by atoms with Crippen molar-refractivity contribution in [3.8, 4) is 0 Å². The minimum Gasteiger partial charge on any atom is -0.469 e. The Balaban J connectivity index is 1.41. The topological polar surface area (TPSA) is 45.5 Å². The van der Waals surface area contributed by atoms with Crippen LogP contribution >= 0.6 is 0 Å². The molecule has 0 bridgehead atoms. The number of carbonyl (C=O) groups excluding carboxylic acids is 1. The normalized spacial score (nSPS) is 20.8. The molecule has 1 aromatic heterocycles. The van der Waals surface area contributed by atoms with Gasteiger partial charge < -0.3 is 9.73 Å². The van der Waals surface area contributed by atoms with E-state index in [1.807, 2.05) is 12.1 Å². The largest absolute Gasteiger partial charge is 0.469 e. The lowest BCUT2D eigenvalue weighted by Crippen LogP contribution is -2.38. The van der Waals surface area contributed by atoms with Crippen molar-refractivity contribution >= 4 is 5.91 Å². The highest BCUT2D eigenvalue weighted by Gasteiger charge is 2.21. The number of amides is 1. The first-order valence-electron chi connectivity index (χ1n) is 9.67. The Morgan fingerprint density at radius 3 is 2.46 bits per heavy atom. The number of furan rings is 1. The predicted octanol–water partition coefficient (Wildman–Crippen LogP) is 4.01. The molecule has 0 unspecified atom stereocenters. The second-order valence-corrected chi connectivity index (χ2v) is 7.81. The summed E-state index contributed by atoms with van der Waals surface area (Å²) in [6.45, 7) is 8.68. The molecule has 2 aromatic rings. The van der Waals surface area contributed by atoms with E-state index >= 15 is 0 Å². The number of nitrogens with one attached hydrogen (secondary N) is 1. The Labute approximate surface area is 156 Å². The highest BCUT2D eigenvalue weighted by Crippen LogP contribution is 2.22. The fourth-order valence-corrected chi connectivity index (χ4v) is 3.92. The van der Waals surface area contributed by atoms with Crippen molar-refractivity contribution in [3.05, 3.63) is 59.5 Å². The van der Waals surface area contributed by atoms with E-state index in [1.54, 1.807) is 6.26 Å². The van der Waals surface area contributed by atoms with E-state index in [-0.39, 0.29) is 5.91 Å². The van der Waals surface area contributed by atoms with Crippen molar-refractivity contribution < 1.29 is 9.21 Å². The molecule has 1 aliphatic heterocycles. The molecule has 4 nitrogen and oxygen atoms in total. The lowest BCUT2D eigenvalue weighted by molar-refractivity contribution is -0.121. The van der Waals surface area contributed by atoms with Gasteiger partial charge in [-0.05, 0) is 41.5 Å². The standard InChI is InChI=1S/C22H30N2O2/c1-17-12-18(2)15-24(14-17)16-20-7-5-19(6-8-20)13-23-22(25)10-9-21-4-3-11-26-21/h3-8,11,17-18H,9-10,12-16H2,1-2H3,(H,23,25)/t17-,18-/m0/s1. The molecule has 1 aliphatic rings. The zero-order chi connectivity index (χ0) is 18.4. The Bertz CT molecular complexity index is 669. The fraction of sp³-hybridized carbons (Fsp3) is 0.500. The number of hydrogen-bond donors (Lipinski definition) is 1. The summed E-state index contributed by atoms with van der Waals surface area (Å²) in [6, 6.07) is 12.4. The van der Waals surface area contributed by atoms with Crippen LogP contribution in [0.2, 0.25) is 0 Å². The van der Waals surface area contributed by atoms with E-state index in [1.165, 1.54) is 25.1 Å². The highest BCUT2D eigenvalue weighted by molar-refractivity contribution is 5.76. The third-order valence-electron chi connectivity index (χ3n) is 5.04. The smallest absolute Gasteiger partial charge is 0.220 e. The van der Waals surface area contributed by atoms with Gasteiger partial charge in [-0.1, -0.05) is 38.1 Å². The Kier molecular flexibility index (Phi) is 6.51. The van der Waals surface area contributed by atoms with Crippen molar-refractivity contribution in [1.29, 1.82) is 0 Å². The Hall–Kier alpha value is -2.07. The van der Waals surface area contributed by atoms with Crippen LogP contribution in [0.4, 0.5) is 0 Å². The lowest BCUT2D eigenvalue weighted by Gasteiger charge is -2.35. The number of rotatable bonds is 7. The zero-order valence-electron chi connectivity index (χ0n) is 15.9. The first-order chi connectivity index (χ1) is 12.6. The van der Waals surface area contributed by atoms with Gasteiger partial charge in [-0.15, -0.1) is 0 Å². The molecular weight excluding hydrogens is 324 g/mol. The average molecular weight is 354 g/mol. The third-order valence-corrected chi connectivity index (χ3v) is 5.04. The highest BCUT2D eigenvalue weighted by atomic mass is 16.3. The summed E-state index contributed by atoms with van der Waals surface area (Å²) in [5.41, 5.74) is 2.49. The van der Waals surface area contributed by atoms with Crippen LogP contribution in [0.5, 0.6) is 0 Å². The van der Waals surface area contributed by atoms with Gasteiger partial charge in [0.2, 0.25) is 5.91 Å². The maximum atomic E-state index is 11.9. The molecule has 0 saturated carbocycles. The number of piperidine rings is 1. The first-order valence-corrected chi connectivity index (χ1v) is 9.67. The van der Waals surface area contributed by atoms with Crippen molar-refractivity contribution in [1.82, 2.24) is 10.2 Å². The van der Waals surface area contributed by atoms with Gasteiger partial charge >= 0.3 is 0 Å². The Morgan fingerprint density at radius 2 is 1.81 bits per heavy atom. The summed E-state index contributed by atoms with van der Waals surface area (Å²) in [6.07, 6.45) is 4.08. The second-order valence-electron chi connectivity index (χ2n) is 7.81. The van der Waals surface area contributed by atoms with Crippen LogP contribution in [0, 0.1) is 11.8 Å². The van der Waals surface area contributed by atoms with Crippen LogP contribution < -0.4 is 5.32 Å². The van der Waals surface area contributed by atoms with E-state index in [0.717, 1.165) is 29.7 Å². The molecule has 0 radical (unpaired) electrons. The van der Waals surface area contributed by atoms with E-state index in [0.29, 0.717) is 19.4 Å². The van der Waals surface area contributed by atoms with Gasteiger partial charge in [-0.2, -0.15) is 0 Å². The Morgan fingerprint density at radius 1 is 1.12 bits per heavy atom. The van der Waals surface area contributed by atoms with Gasteiger partial charge in [0.25, 0.3) is 0 Å². The number of carbonyl (C=O) groups is 1. The van der Waals surface area contributed by atoms with Crippen molar-refractivity contribution in [2.24, 2.45) is 11.8 Å². The van der Waals surface area contributed by atoms with Gasteiger partial charge in [-0.25, -0.2) is 0 Å². The summed E-state index contributed by atoms with van der Waals surface area (Å²) in [4.78, 5) is 14.5. The molecule has 2 heterocycles. The molecular formula is C22H30N2O2. The van der Waals surface area contributed by atoms with Crippen LogP contribution in [-0.2, 0) is 24.3 Å². The van der Waals surface area contributed by atoms with Crippen molar-refractivity contribution in [2.75, 3.05) is 13.1 Å². The molecule has 1 aromatic carbocycles. The monoisotopic (exact) mass is 354 g/mol. The summed E-state index contributed by atoms with van der Waals surface area (Å²) < 4.78 is 5.25. The van der Waals surface area contributed by atoms with E-state index in [9.17, 15) is 4.79 Å². The average Bonchev–Trinajstić information content (AvgIpc) is 3.12. The van der Waals surface area contributed by atoms with Crippen LogP contribution in [-0.4, -0.2) is 23.9 Å². The van der Waals surface area contributed by atoms with Crippen LogP contribution in [0.25, 0.3) is 0 Å². The minimum atomic E-state index is 0.0572. The summed E-state index contributed by atoms with van der Waals surface area (Å²) in [5.74, 6) is 2.48. The van der Waals surface area contributed by atoms with Crippen LogP contribution in [0.1, 0.15) is 43.6 Å². The number of nitrogens with zero attached hydrogens (tertiary/aromatic N) is 1. The first kappa shape index (κ1) is 18.7. The van der Waals surface area contributed by atoms with E-state index < -0.39 is 0 Å². The van der Waals surface area contributed by atoms with Gasteiger partial charge in [0.05, 0.1) is 6.26 Å². The molecule has 140 valence electrons. The molecule has 0 spiro atoms. The van der Waals surface area contributed by atoms with Gasteiger partial charge in [-0.3, -0.25) is 9.69 Å². The van der Waals surface area contributed by atoms with Gasteiger partial charge in [0, 0.05) is 39.0 Å². The molecule has 4 heteroatoms. The maximum absolute atomic E-state index is 11.9. The lowest BCUT2D eigenvalue weighted by atomic mass is 9.91. The molecule has 3 rings (SSSR count). The molecule has 1 amide bonds. The summed E-state index contributed by atoms with van der Waals surface area (Å²) in [7, 11) is 0. The molecule has 1 fully saturated rings. The summed E-state index contributed by atoms with van der Waals surface area (Å²) in [5, 5.41) is 2.98. The number of hydrogen-bond acceptors (Lipinski definition) is 3. The van der Waals surface area contributed by atoms with E-state index in [4.69, 9.17) is 4.42 Å². The minimum absolute atomic E-state index is 0.0572. The SMILES string of the molecule is C[C@H]1C[C@H](C)CN(Cc2ccc(CNC(=O)CCc3ccco3)cc2)C1. The summed E-state index contributed by atoms with van der Waals surface area (Å²) >= 11 is 0. The molecule has 0 aliphatic carbocycles. The number of likely N-dealkylation sites (tertiary alicyclic amines) is 1. The number of aryl methyl sites for hydroxylation is 1. The molecule has 2 atom stereocenters. The number of benzene rings is 1. The fourth-order valence-electron chi connectivity index (χ4n) is 3.92. The second kappa shape index (κ2) is 9.04. The van der Waals surface area contributed by atoms with Gasteiger partial charge in [0.1, 0.15) is 5.76 Å². The van der Waals surface area contributed by atoms with Gasteiger partial charge in [0.15, 0.2) is 0 Å². The van der Waals surface area contributed by atoms with Crippen LogP contribution in [0.15, 0.2) is 47.1 Å².